The Kier molecular flexibility index (Phi) is 6.39. The van der Waals surface area contributed by atoms with Crippen LogP contribution >= 0.6 is 0 Å². The average molecular weight is 468 g/mol. The number of carbonyl (C=O) groups is 2. The Bertz CT molecular complexity index is 1040. The largest absolute Gasteiger partial charge is 0.504 e. The fourth-order valence-electron chi connectivity index (χ4n) is 3.26. The summed E-state index contributed by atoms with van der Waals surface area (Å²) in [6, 6.07) is 3.04. The predicted molar refractivity (Wildman–Crippen MR) is 104 cm³/mol. The maximum atomic E-state index is 12.5. The summed E-state index contributed by atoms with van der Waals surface area (Å²) in [5.74, 6) is -7.61. The topological polar surface area (TPSA) is 235 Å². The van der Waals surface area contributed by atoms with Crippen LogP contribution in [0, 0.1) is 0 Å². The lowest BCUT2D eigenvalue weighted by molar-refractivity contribution is -0.178. The molecule has 0 aromatic heterocycles. The van der Waals surface area contributed by atoms with Gasteiger partial charge in [-0.15, -0.1) is 0 Å². The van der Waals surface area contributed by atoms with Crippen LogP contribution < -0.4 is 0 Å². The number of aliphatic hydroxyl groups is 3. The standard InChI is InChI=1S/C20H20O13/c21-8-1-6(2-9(22)14(8)26)19(30)32-13-5-12(25)16(28)17(29)18(13)33-20(31)7-3-10(23)15(27)11(24)4-7/h1-4,12-13,16-18,21-29H,5H2/t12-,13-,16-,17+,18+/m0/s1. The van der Waals surface area contributed by atoms with Crippen LogP contribution in [-0.2, 0) is 9.47 Å². The lowest BCUT2D eigenvalue weighted by Gasteiger charge is -2.39. The number of phenols is 6. The van der Waals surface area contributed by atoms with E-state index in [1.54, 1.807) is 0 Å². The third-order valence-corrected chi connectivity index (χ3v) is 5.03. The summed E-state index contributed by atoms with van der Waals surface area (Å²) in [6.07, 6.45) is -9.08. The van der Waals surface area contributed by atoms with Gasteiger partial charge >= 0.3 is 11.9 Å². The first-order chi connectivity index (χ1) is 15.4. The molecule has 1 aliphatic rings. The van der Waals surface area contributed by atoms with Crippen molar-refractivity contribution in [2.75, 3.05) is 0 Å². The van der Waals surface area contributed by atoms with E-state index < -0.39 is 94.5 Å². The molecule has 1 saturated carbocycles. The number of phenolic OH excluding ortho intramolecular Hbond substituents is 6. The first-order valence-corrected chi connectivity index (χ1v) is 9.36. The Morgan fingerprint density at radius 3 is 1.48 bits per heavy atom. The minimum Gasteiger partial charge on any atom is -0.504 e. The van der Waals surface area contributed by atoms with Gasteiger partial charge in [-0.1, -0.05) is 0 Å². The van der Waals surface area contributed by atoms with Gasteiger partial charge in [-0.2, -0.15) is 0 Å². The van der Waals surface area contributed by atoms with Gasteiger partial charge in [0.2, 0.25) is 0 Å². The highest BCUT2D eigenvalue weighted by molar-refractivity contribution is 5.92. The van der Waals surface area contributed by atoms with Gasteiger partial charge in [-0.05, 0) is 24.3 Å². The smallest absolute Gasteiger partial charge is 0.338 e. The summed E-state index contributed by atoms with van der Waals surface area (Å²) in [5.41, 5.74) is -0.898. The van der Waals surface area contributed by atoms with E-state index in [1.807, 2.05) is 0 Å². The molecule has 0 spiro atoms. The van der Waals surface area contributed by atoms with Crippen molar-refractivity contribution >= 4 is 11.9 Å². The molecule has 0 saturated heterocycles. The third-order valence-electron chi connectivity index (χ3n) is 5.03. The SMILES string of the molecule is O=C(O[C@H]1[C@H](O)[C@@H](O)[C@@H](O)C[C@@H]1OC(=O)c1cc(O)c(O)c(O)c1)c1cc(O)c(O)c(O)c1. The molecule has 0 heterocycles. The Morgan fingerprint density at radius 2 is 1.06 bits per heavy atom. The van der Waals surface area contributed by atoms with Crippen molar-refractivity contribution in [1.29, 1.82) is 0 Å². The fourth-order valence-corrected chi connectivity index (χ4v) is 3.26. The molecule has 2 aromatic carbocycles. The Morgan fingerprint density at radius 1 is 0.667 bits per heavy atom. The molecule has 0 unspecified atom stereocenters. The summed E-state index contributed by atoms with van der Waals surface area (Å²) in [6.45, 7) is 0. The van der Waals surface area contributed by atoms with E-state index in [0.717, 1.165) is 24.3 Å². The second-order valence-corrected chi connectivity index (χ2v) is 7.32. The number of ether oxygens (including phenoxy) is 2. The van der Waals surface area contributed by atoms with E-state index in [4.69, 9.17) is 9.47 Å². The maximum Gasteiger partial charge on any atom is 0.338 e. The molecular weight excluding hydrogens is 448 g/mol. The van der Waals surface area contributed by atoms with E-state index >= 15 is 0 Å². The highest BCUT2D eigenvalue weighted by atomic mass is 16.6. The molecule has 2 aromatic rings. The third kappa shape index (κ3) is 4.64. The van der Waals surface area contributed by atoms with Crippen molar-refractivity contribution in [2.45, 2.75) is 36.9 Å². The molecule has 1 aliphatic carbocycles. The number of hydrogen-bond donors (Lipinski definition) is 9. The zero-order valence-corrected chi connectivity index (χ0v) is 16.6. The normalized spacial score (nSPS) is 24.8. The predicted octanol–water partition coefficient (Wildman–Crippen LogP) is -0.842. The maximum absolute atomic E-state index is 12.5. The van der Waals surface area contributed by atoms with Gasteiger partial charge < -0.3 is 55.4 Å². The van der Waals surface area contributed by atoms with Gasteiger partial charge in [0.15, 0.2) is 40.6 Å². The Labute approximate surface area is 184 Å². The molecule has 13 heteroatoms. The van der Waals surface area contributed by atoms with E-state index in [2.05, 4.69) is 0 Å². The van der Waals surface area contributed by atoms with Crippen LogP contribution in [0.15, 0.2) is 24.3 Å². The summed E-state index contributed by atoms with van der Waals surface area (Å²) < 4.78 is 10.2. The molecule has 0 bridgehead atoms. The van der Waals surface area contributed by atoms with Crippen molar-refractivity contribution in [3.05, 3.63) is 35.4 Å². The van der Waals surface area contributed by atoms with Gasteiger partial charge in [0.05, 0.1) is 17.2 Å². The van der Waals surface area contributed by atoms with Gasteiger partial charge in [-0.25, -0.2) is 9.59 Å². The van der Waals surface area contributed by atoms with Crippen molar-refractivity contribution < 1.29 is 65.0 Å². The van der Waals surface area contributed by atoms with E-state index in [0.29, 0.717) is 0 Å². The van der Waals surface area contributed by atoms with Crippen LogP contribution in [0.1, 0.15) is 27.1 Å². The van der Waals surface area contributed by atoms with Crippen LogP contribution in [0.5, 0.6) is 34.5 Å². The second kappa shape index (κ2) is 8.90. The first-order valence-electron chi connectivity index (χ1n) is 9.36. The summed E-state index contributed by atoms with van der Waals surface area (Å²) >= 11 is 0. The van der Waals surface area contributed by atoms with Crippen LogP contribution in [0.25, 0.3) is 0 Å². The molecule has 33 heavy (non-hydrogen) atoms. The van der Waals surface area contributed by atoms with Gasteiger partial charge in [0.1, 0.15) is 18.3 Å². The summed E-state index contributed by atoms with van der Waals surface area (Å²) in [5, 5.41) is 87.2. The van der Waals surface area contributed by atoms with Crippen LogP contribution in [-0.4, -0.2) is 88.4 Å². The number of aliphatic hydroxyl groups excluding tert-OH is 3. The molecule has 9 N–H and O–H groups in total. The van der Waals surface area contributed by atoms with Crippen LogP contribution in [0.3, 0.4) is 0 Å². The molecule has 5 atom stereocenters. The van der Waals surface area contributed by atoms with E-state index in [1.165, 1.54) is 0 Å². The highest BCUT2D eigenvalue weighted by Crippen LogP contribution is 2.37. The molecule has 1 fully saturated rings. The number of benzene rings is 2. The molecule has 0 radical (unpaired) electrons. The fraction of sp³-hybridized carbons (Fsp3) is 0.300. The average Bonchev–Trinajstić information content (AvgIpc) is 2.75. The Balaban J connectivity index is 1.86. The Hall–Kier alpha value is -3.94. The van der Waals surface area contributed by atoms with Gasteiger partial charge in [0.25, 0.3) is 0 Å². The zero-order chi connectivity index (χ0) is 24.6. The van der Waals surface area contributed by atoms with Crippen LogP contribution in [0.2, 0.25) is 0 Å². The summed E-state index contributed by atoms with van der Waals surface area (Å²) in [7, 11) is 0. The number of rotatable bonds is 4. The van der Waals surface area contributed by atoms with Gasteiger partial charge in [0, 0.05) is 6.42 Å². The van der Waals surface area contributed by atoms with Crippen molar-refractivity contribution in [3.63, 3.8) is 0 Å². The lowest BCUT2D eigenvalue weighted by atomic mass is 9.87. The second-order valence-electron chi connectivity index (χ2n) is 7.32. The van der Waals surface area contributed by atoms with E-state index in [-0.39, 0.29) is 0 Å². The number of aromatic hydroxyl groups is 6. The molecule has 178 valence electrons. The van der Waals surface area contributed by atoms with Crippen LogP contribution in [0.4, 0.5) is 0 Å². The molecular formula is C20H20O13. The van der Waals surface area contributed by atoms with E-state index in [9.17, 15) is 55.5 Å². The van der Waals surface area contributed by atoms with Crippen molar-refractivity contribution in [2.24, 2.45) is 0 Å². The van der Waals surface area contributed by atoms with Crippen molar-refractivity contribution in [1.82, 2.24) is 0 Å². The number of esters is 2. The minimum atomic E-state index is -1.93. The number of hydrogen-bond acceptors (Lipinski definition) is 13. The van der Waals surface area contributed by atoms with Gasteiger partial charge in [-0.3, -0.25) is 0 Å². The minimum absolute atomic E-state index is 0.434. The molecule has 13 nitrogen and oxygen atoms in total. The monoisotopic (exact) mass is 468 g/mol. The molecule has 0 amide bonds. The van der Waals surface area contributed by atoms with Crippen molar-refractivity contribution in [3.8, 4) is 34.5 Å². The zero-order valence-electron chi connectivity index (χ0n) is 16.6. The highest BCUT2D eigenvalue weighted by Gasteiger charge is 2.47. The first kappa shape index (κ1) is 23.7. The lowest BCUT2D eigenvalue weighted by Crippen LogP contribution is -2.58. The molecule has 3 rings (SSSR count). The molecule has 0 aliphatic heterocycles. The quantitative estimate of drug-likeness (QED) is 0.197. The number of carbonyl (C=O) groups excluding carboxylic acids is 2. The summed E-state index contributed by atoms with van der Waals surface area (Å²) in [4.78, 5) is 24.9.